The Balaban J connectivity index is 2.98. The van der Waals surface area contributed by atoms with Crippen LogP contribution in [-0.4, -0.2) is 18.7 Å². The highest BCUT2D eigenvalue weighted by molar-refractivity contribution is 5.56. The smallest absolute Gasteiger partial charge is 0.126 e. The molecule has 0 heterocycles. The quantitative estimate of drug-likeness (QED) is 0.617. The molecule has 18 heavy (non-hydrogen) atoms. The van der Waals surface area contributed by atoms with E-state index < -0.39 is 6.10 Å². The van der Waals surface area contributed by atoms with Crippen LogP contribution in [0.5, 0.6) is 0 Å². The molecule has 0 bridgehead atoms. The van der Waals surface area contributed by atoms with Crippen molar-refractivity contribution >= 4 is 5.69 Å². The predicted molar refractivity (Wildman–Crippen MR) is 74.5 cm³/mol. The highest BCUT2D eigenvalue weighted by Gasteiger charge is 2.14. The summed E-state index contributed by atoms with van der Waals surface area (Å²) in [6.45, 7) is 7.95. The molecule has 1 rings (SSSR count). The Morgan fingerprint density at radius 2 is 2.17 bits per heavy atom. The van der Waals surface area contributed by atoms with Crippen LogP contribution in [0.3, 0.4) is 0 Å². The lowest BCUT2D eigenvalue weighted by Crippen LogP contribution is -2.21. The van der Waals surface area contributed by atoms with Crippen molar-refractivity contribution in [1.29, 1.82) is 0 Å². The summed E-state index contributed by atoms with van der Waals surface area (Å²) in [6.07, 6.45) is 3.17. The average Bonchev–Trinajstić information content (AvgIpc) is 2.32. The third-order valence-electron chi connectivity index (χ3n) is 3.07. The van der Waals surface area contributed by atoms with E-state index in [1.165, 1.54) is 6.07 Å². The van der Waals surface area contributed by atoms with Crippen molar-refractivity contribution in [2.75, 3.05) is 18.5 Å². The van der Waals surface area contributed by atoms with E-state index in [1.54, 1.807) is 19.9 Å². The number of aliphatic hydroxyl groups excluding tert-OH is 1. The van der Waals surface area contributed by atoms with Crippen LogP contribution in [-0.2, 0) is 0 Å². The predicted octanol–water partition coefficient (Wildman–Crippen LogP) is 3.59. The minimum atomic E-state index is -0.669. The SMILES string of the molecule is C=CCCCN(C)c1cc(C)c(F)cc1[C@@H](C)O. The molecular weight excluding hydrogens is 229 g/mol. The number of anilines is 1. The number of unbranched alkanes of at least 4 members (excludes halogenated alkanes) is 1. The van der Waals surface area contributed by atoms with E-state index in [1.807, 2.05) is 13.1 Å². The van der Waals surface area contributed by atoms with Gasteiger partial charge in [-0.1, -0.05) is 6.08 Å². The Morgan fingerprint density at radius 3 is 2.72 bits per heavy atom. The summed E-state index contributed by atoms with van der Waals surface area (Å²) >= 11 is 0. The second kappa shape index (κ2) is 6.55. The highest BCUT2D eigenvalue weighted by atomic mass is 19.1. The molecule has 2 nitrogen and oxygen atoms in total. The van der Waals surface area contributed by atoms with Crippen LogP contribution >= 0.6 is 0 Å². The molecule has 0 saturated heterocycles. The van der Waals surface area contributed by atoms with Crippen LogP contribution in [0, 0.1) is 12.7 Å². The van der Waals surface area contributed by atoms with Gasteiger partial charge in [0.25, 0.3) is 0 Å². The summed E-state index contributed by atoms with van der Waals surface area (Å²) in [5.74, 6) is -0.269. The summed E-state index contributed by atoms with van der Waals surface area (Å²) in [5, 5.41) is 9.73. The summed E-state index contributed by atoms with van der Waals surface area (Å²) in [7, 11) is 1.96. The topological polar surface area (TPSA) is 23.5 Å². The highest BCUT2D eigenvalue weighted by Crippen LogP contribution is 2.28. The largest absolute Gasteiger partial charge is 0.389 e. The molecule has 3 heteroatoms. The number of allylic oxidation sites excluding steroid dienone is 1. The number of nitrogens with zero attached hydrogens (tertiary/aromatic N) is 1. The molecule has 1 aromatic carbocycles. The molecule has 0 unspecified atom stereocenters. The first-order valence-electron chi connectivity index (χ1n) is 6.27. The molecule has 0 fully saturated rings. The Hall–Kier alpha value is -1.35. The number of hydrogen-bond acceptors (Lipinski definition) is 2. The molecule has 1 aromatic rings. The van der Waals surface area contributed by atoms with Crippen molar-refractivity contribution in [2.24, 2.45) is 0 Å². The number of rotatable bonds is 6. The lowest BCUT2D eigenvalue weighted by molar-refractivity contribution is 0.199. The van der Waals surface area contributed by atoms with Crippen molar-refractivity contribution < 1.29 is 9.50 Å². The molecule has 0 aromatic heterocycles. The molecule has 0 amide bonds. The van der Waals surface area contributed by atoms with E-state index in [4.69, 9.17) is 0 Å². The molecule has 1 atom stereocenters. The lowest BCUT2D eigenvalue weighted by Gasteiger charge is -2.24. The Labute approximate surface area is 109 Å². The van der Waals surface area contributed by atoms with Gasteiger partial charge in [0.05, 0.1) is 6.10 Å². The van der Waals surface area contributed by atoms with Crippen molar-refractivity contribution in [3.8, 4) is 0 Å². The Bertz CT molecular complexity index is 415. The number of halogens is 1. The number of benzene rings is 1. The zero-order chi connectivity index (χ0) is 13.7. The van der Waals surface area contributed by atoms with E-state index in [-0.39, 0.29) is 5.82 Å². The number of hydrogen-bond donors (Lipinski definition) is 1. The third kappa shape index (κ3) is 3.57. The zero-order valence-electron chi connectivity index (χ0n) is 11.4. The van der Waals surface area contributed by atoms with Crippen LogP contribution in [0.4, 0.5) is 10.1 Å². The van der Waals surface area contributed by atoms with Crippen molar-refractivity contribution in [3.05, 3.63) is 41.7 Å². The first-order chi connectivity index (χ1) is 8.47. The molecule has 0 aliphatic heterocycles. The number of aliphatic hydroxyl groups is 1. The first-order valence-corrected chi connectivity index (χ1v) is 6.27. The summed E-state index contributed by atoms with van der Waals surface area (Å²) in [4.78, 5) is 2.05. The van der Waals surface area contributed by atoms with Crippen LogP contribution in [0.2, 0.25) is 0 Å². The van der Waals surface area contributed by atoms with E-state index in [9.17, 15) is 9.50 Å². The van der Waals surface area contributed by atoms with Gasteiger partial charge in [0, 0.05) is 24.8 Å². The van der Waals surface area contributed by atoms with Crippen LogP contribution in [0.25, 0.3) is 0 Å². The van der Waals surface area contributed by atoms with Gasteiger partial charge in [-0.05, 0) is 44.4 Å². The fourth-order valence-electron chi connectivity index (χ4n) is 1.94. The van der Waals surface area contributed by atoms with Gasteiger partial charge in [0.1, 0.15) is 5.82 Å². The van der Waals surface area contributed by atoms with E-state index in [0.717, 1.165) is 25.1 Å². The molecule has 0 spiro atoms. The summed E-state index contributed by atoms with van der Waals surface area (Å²) in [6, 6.07) is 3.23. The Kier molecular flexibility index (Phi) is 5.35. The maximum absolute atomic E-state index is 13.5. The second-order valence-electron chi connectivity index (χ2n) is 4.69. The van der Waals surface area contributed by atoms with Gasteiger partial charge in [-0.3, -0.25) is 0 Å². The van der Waals surface area contributed by atoms with E-state index in [0.29, 0.717) is 11.1 Å². The molecule has 100 valence electrons. The lowest BCUT2D eigenvalue weighted by atomic mass is 10.0. The molecule has 0 radical (unpaired) electrons. The van der Waals surface area contributed by atoms with E-state index >= 15 is 0 Å². The average molecular weight is 251 g/mol. The third-order valence-corrected chi connectivity index (χ3v) is 3.07. The molecular formula is C15H22FNO. The van der Waals surface area contributed by atoms with Gasteiger partial charge in [0.2, 0.25) is 0 Å². The standard InChI is InChI=1S/C15H22FNO/c1-5-6-7-8-17(4)15-9-11(2)14(16)10-13(15)12(3)18/h5,9-10,12,18H,1,6-8H2,2-4H3/t12-/m1/s1. The first kappa shape index (κ1) is 14.7. The van der Waals surface area contributed by atoms with Gasteiger partial charge in [-0.15, -0.1) is 6.58 Å². The van der Waals surface area contributed by atoms with Gasteiger partial charge in [-0.2, -0.15) is 0 Å². The molecule has 1 N–H and O–H groups in total. The normalized spacial score (nSPS) is 12.3. The van der Waals surface area contributed by atoms with E-state index in [2.05, 4.69) is 11.5 Å². The monoisotopic (exact) mass is 251 g/mol. The molecule has 0 saturated carbocycles. The molecule has 0 aliphatic carbocycles. The second-order valence-corrected chi connectivity index (χ2v) is 4.69. The van der Waals surface area contributed by atoms with Gasteiger partial charge in [0.15, 0.2) is 0 Å². The van der Waals surface area contributed by atoms with Gasteiger partial charge < -0.3 is 10.0 Å². The molecule has 0 aliphatic rings. The van der Waals surface area contributed by atoms with Gasteiger partial charge >= 0.3 is 0 Å². The minimum Gasteiger partial charge on any atom is -0.389 e. The fraction of sp³-hybridized carbons (Fsp3) is 0.467. The fourth-order valence-corrected chi connectivity index (χ4v) is 1.94. The van der Waals surface area contributed by atoms with Crippen LogP contribution in [0.15, 0.2) is 24.8 Å². The van der Waals surface area contributed by atoms with Crippen molar-refractivity contribution in [3.63, 3.8) is 0 Å². The summed E-state index contributed by atoms with van der Waals surface area (Å²) < 4.78 is 13.5. The maximum Gasteiger partial charge on any atom is 0.126 e. The number of aryl methyl sites for hydroxylation is 1. The van der Waals surface area contributed by atoms with Crippen LogP contribution in [0.1, 0.15) is 37.0 Å². The minimum absolute atomic E-state index is 0.269. The maximum atomic E-state index is 13.5. The van der Waals surface area contributed by atoms with Crippen molar-refractivity contribution in [2.45, 2.75) is 32.8 Å². The summed E-state index contributed by atoms with van der Waals surface area (Å²) in [5.41, 5.74) is 2.14. The Morgan fingerprint density at radius 1 is 1.50 bits per heavy atom. The zero-order valence-corrected chi connectivity index (χ0v) is 11.4. The van der Waals surface area contributed by atoms with Gasteiger partial charge in [-0.25, -0.2) is 4.39 Å². The van der Waals surface area contributed by atoms with Crippen molar-refractivity contribution in [1.82, 2.24) is 0 Å². The van der Waals surface area contributed by atoms with Crippen LogP contribution < -0.4 is 4.90 Å².